The lowest BCUT2D eigenvalue weighted by molar-refractivity contribution is 0.0979. The maximum Gasteiger partial charge on any atom is 0.194 e. The summed E-state index contributed by atoms with van der Waals surface area (Å²) in [6.45, 7) is 23.6. The standard InChI is InChI=1S/C26H18O4.C26H20O2.C18H16O2/c1-11-5-15-16(6-12(11)2)24(28)20-10-22-21(9-19(20)23(15)27)25(29)17-7-13(3)14(4)8-18(17)26(22)30;1-13-5-17-9-21-22(10-18(17)6-14(13)2)26(28)24-12-20-8-16(4)15(3)7-19(20)11-23(24)25(21)27;1-9-5-13-14(6-10(9)2)18(20)16-8-12(4)11(3)7-15(16)17(13)19/h5-10H,1-4H3;5-12H,1-4H3;5-8H,1-4H3. The summed E-state index contributed by atoms with van der Waals surface area (Å²) in [6.07, 6.45) is 0. The fourth-order valence-electron chi connectivity index (χ4n) is 11.2. The third kappa shape index (κ3) is 7.96. The first-order chi connectivity index (χ1) is 36.9. The molecule has 0 fully saturated rings. The van der Waals surface area contributed by atoms with Crippen LogP contribution in [-0.2, 0) is 0 Å². The number of carbonyl (C=O) groups is 4. The summed E-state index contributed by atoms with van der Waals surface area (Å²) in [7, 11) is 0. The normalized spacial score (nSPS) is 12.7. The molecule has 2 aliphatic carbocycles. The number of fused-ring (bicyclic) bond motifs is 10. The van der Waals surface area contributed by atoms with Crippen LogP contribution < -0.4 is 21.7 Å². The van der Waals surface area contributed by atoms with Gasteiger partial charge < -0.3 is 0 Å². The molecule has 0 N–H and O–H groups in total. The van der Waals surface area contributed by atoms with Gasteiger partial charge in [-0.3, -0.25) is 38.4 Å². The Morgan fingerprint density at radius 1 is 0.167 bits per heavy atom. The third-order valence-electron chi connectivity index (χ3n) is 16.8. The second-order valence-electron chi connectivity index (χ2n) is 21.9. The number of hydrogen-bond acceptors (Lipinski definition) is 8. The Morgan fingerprint density at radius 3 is 0.500 bits per heavy atom. The fraction of sp³-hybridized carbons (Fsp3) is 0.171. The van der Waals surface area contributed by atoms with Gasteiger partial charge in [-0.25, -0.2) is 0 Å². The van der Waals surface area contributed by atoms with Crippen molar-refractivity contribution < 1.29 is 19.2 Å². The number of rotatable bonds is 0. The van der Waals surface area contributed by atoms with Crippen LogP contribution in [0.4, 0.5) is 0 Å². The predicted molar refractivity (Wildman–Crippen MR) is 315 cm³/mol. The molecular formula is C70H54O8. The van der Waals surface area contributed by atoms with Crippen LogP contribution in [0.2, 0.25) is 0 Å². The Bertz CT molecular complexity index is 4300. The van der Waals surface area contributed by atoms with E-state index in [2.05, 4.69) is 52.0 Å². The summed E-state index contributed by atoms with van der Waals surface area (Å²) in [5.41, 5.74) is 15.6. The highest BCUT2D eigenvalue weighted by Gasteiger charge is 2.32. The van der Waals surface area contributed by atoms with Crippen LogP contribution >= 0.6 is 0 Å². The second-order valence-corrected chi connectivity index (χ2v) is 21.9. The molecule has 11 aromatic carbocycles. The topological polar surface area (TPSA) is 137 Å². The molecular weight excluding hydrogens is 969 g/mol. The van der Waals surface area contributed by atoms with E-state index in [4.69, 9.17) is 0 Å². The molecule has 0 bridgehead atoms. The van der Waals surface area contributed by atoms with E-state index in [1.165, 1.54) is 34.4 Å². The van der Waals surface area contributed by atoms with E-state index < -0.39 is 0 Å². The average Bonchev–Trinajstić information content (AvgIpc) is 3.54. The van der Waals surface area contributed by atoms with Gasteiger partial charge in [-0.15, -0.1) is 0 Å². The van der Waals surface area contributed by atoms with Gasteiger partial charge in [0.25, 0.3) is 0 Å². The van der Waals surface area contributed by atoms with Gasteiger partial charge in [-0.2, -0.15) is 0 Å². The van der Waals surface area contributed by atoms with Crippen LogP contribution in [0.25, 0.3) is 64.6 Å². The number of aryl methyl sites for hydroxylation is 12. The number of hydrogen-bond donors (Lipinski definition) is 0. The Balaban J connectivity index is 0.000000127. The van der Waals surface area contributed by atoms with Crippen molar-refractivity contribution >= 4 is 87.8 Å². The zero-order chi connectivity index (χ0) is 55.8. The SMILES string of the molecule is Cc1cc2c(=O)c3cc4c(=O)c5cc(C)c(C)cc5c(=O)c4cc3c(=O)c2cc1C.Cc1cc2c(cc1C)C(=O)c1cc(C)c(C)cc1C2=O.Cc1cc2cc3c(cc2cc1C)C(=O)c1cc2cc(C)c(C)cc2cc1C3=O. The van der Waals surface area contributed by atoms with Gasteiger partial charge in [0.05, 0.1) is 0 Å². The quantitative estimate of drug-likeness (QED) is 0.137. The summed E-state index contributed by atoms with van der Waals surface area (Å²) >= 11 is 0. The lowest BCUT2D eigenvalue weighted by atomic mass is 9.81. The van der Waals surface area contributed by atoms with E-state index in [0.717, 1.165) is 66.1 Å². The van der Waals surface area contributed by atoms with E-state index >= 15 is 0 Å². The van der Waals surface area contributed by atoms with Crippen molar-refractivity contribution in [2.75, 3.05) is 0 Å². The van der Waals surface area contributed by atoms with Crippen molar-refractivity contribution in [1.29, 1.82) is 0 Å². The number of ketones is 4. The maximum absolute atomic E-state index is 13.3. The van der Waals surface area contributed by atoms with Gasteiger partial charge in [0.2, 0.25) is 0 Å². The van der Waals surface area contributed by atoms with Crippen molar-refractivity contribution in [3.63, 3.8) is 0 Å². The Kier molecular flexibility index (Phi) is 11.9. The first kappa shape index (κ1) is 51.0. The molecule has 0 saturated carbocycles. The highest BCUT2D eigenvalue weighted by Crippen LogP contribution is 2.36. The Morgan fingerprint density at radius 2 is 0.308 bits per heavy atom. The molecule has 0 aromatic heterocycles. The van der Waals surface area contributed by atoms with E-state index in [1.54, 1.807) is 24.3 Å². The first-order valence-electron chi connectivity index (χ1n) is 26.0. The van der Waals surface area contributed by atoms with Crippen molar-refractivity contribution in [3.8, 4) is 0 Å². The van der Waals surface area contributed by atoms with Crippen molar-refractivity contribution in [1.82, 2.24) is 0 Å². The van der Waals surface area contributed by atoms with Crippen LogP contribution in [0, 0.1) is 83.1 Å². The molecule has 382 valence electrons. The third-order valence-corrected chi connectivity index (χ3v) is 16.8. The van der Waals surface area contributed by atoms with Gasteiger partial charge in [-0.1, -0.05) is 24.3 Å². The molecule has 0 saturated heterocycles. The maximum atomic E-state index is 13.3. The van der Waals surface area contributed by atoms with Gasteiger partial charge in [0, 0.05) is 87.6 Å². The summed E-state index contributed by atoms with van der Waals surface area (Å²) in [5, 5.41) is 6.11. The fourth-order valence-corrected chi connectivity index (χ4v) is 11.2. The van der Waals surface area contributed by atoms with E-state index in [9.17, 15) is 38.4 Å². The van der Waals surface area contributed by atoms with Crippen LogP contribution in [-0.4, -0.2) is 23.1 Å². The minimum Gasteiger partial charge on any atom is -0.289 e. The summed E-state index contributed by atoms with van der Waals surface area (Å²) in [5.74, 6) is -0.212. The molecule has 2 aliphatic rings. The highest BCUT2D eigenvalue weighted by atomic mass is 16.2. The molecule has 8 heteroatoms. The number of carbonyl (C=O) groups excluding carboxylic acids is 4. The van der Waals surface area contributed by atoms with Gasteiger partial charge in [0.1, 0.15) is 0 Å². The largest absolute Gasteiger partial charge is 0.289 e. The summed E-state index contributed by atoms with van der Waals surface area (Å²) < 4.78 is 0. The van der Waals surface area contributed by atoms with Gasteiger partial charge >= 0.3 is 0 Å². The van der Waals surface area contributed by atoms with E-state index in [1.807, 2.05) is 104 Å². The van der Waals surface area contributed by atoms with Crippen LogP contribution in [0.15, 0.2) is 128 Å². The van der Waals surface area contributed by atoms with Crippen LogP contribution in [0.3, 0.4) is 0 Å². The molecule has 11 aromatic rings. The highest BCUT2D eigenvalue weighted by molar-refractivity contribution is 6.31. The lowest BCUT2D eigenvalue weighted by Crippen LogP contribution is -2.22. The van der Waals surface area contributed by atoms with E-state index in [-0.39, 0.29) is 66.4 Å². The Labute approximate surface area is 449 Å². The molecule has 0 atom stereocenters. The molecule has 0 heterocycles. The predicted octanol–water partition coefficient (Wildman–Crippen LogP) is 13.5. The number of benzene rings is 11. The van der Waals surface area contributed by atoms with Gasteiger partial charge in [-0.05, 0) is 256 Å². The second kappa shape index (κ2) is 18.3. The monoisotopic (exact) mass is 1020 g/mol. The van der Waals surface area contributed by atoms with Crippen molar-refractivity contribution in [2.24, 2.45) is 0 Å². The molecule has 78 heavy (non-hydrogen) atoms. The molecule has 0 unspecified atom stereocenters. The first-order valence-corrected chi connectivity index (χ1v) is 26.0. The lowest BCUT2D eigenvalue weighted by Gasteiger charge is -2.20. The van der Waals surface area contributed by atoms with Gasteiger partial charge in [0.15, 0.2) is 44.8 Å². The summed E-state index contributed by atoms with van der Waals surface area (Å²) in [6, 6.07) is 33.0. The molecule has 0 spiro atoms. The average molecular weight is 1020 g/mol. The minimum absolute atomic E-state index is 0.0409. The molecule has 0 radical (unpaired) electrons. The zero-order valence-electron chi connectivity index (χ0n) is 45.7. The summed E-state index contributed by atoms with van der Waals surface area (Å²) in [4.78, 5) is 105. The van der Waals surface area contributed by atoms with Crippen LogP contribution in [0.5, 0.6) is 0 Å². The smallest absolute Gasteiger partial charge is 0.194 e. The molecule has 0 amide bonds. The zero-order valence-corrected chi connectivity index (χ0v) is 45.7. The van der Waals surface area contributed by atoms with Crippen LogP contribution in [0.1, 0.15) is 130 Å². The van der Waals surface area contributed by atoms with Crippen molar-refractivity contribution in [3.05, 3.63) is 261 Å². The molecule has 8 nitrogen and oxygen atoms in total. The molecule has 13 rings (SSSR count). The van der Waals surface area contributed by atoms with E-state index in [0.29, 0.717) is 66.1 Å². The molecule has 0 aliphatic heterocycles. The minimum atomic E-state index is -0.295. The Hall–Kier alpha value is -9.14. The van der Waals surface area contributed by atoms with Crippen molar-refractivity contribution in [2.45, 2.75) is 83.1 Å².